The van der Waals surface area contributed by atoms with Crippen molar-refractivity contribution in [3.63, 3.8) is 0 Å². The van der Waals surface area contributed by atoms with Gasteiger partial charge in [-0.2, -0.15) is 0 Å². The number of rotatable bonds is 8. The summed E-state index contributed by atoms with van der Waals surface area (Å²) in [5, 5.41) is 5.97. The van der Waals surface area contributed by atoms with Crippen LogP contribution in [0.15, 0.2) is 18.2 Å². The molecule has 0 spiro atoms. The van der Waals surface area contributed by atoms with Crippen molar-refractivity contribution in [1.82, 2.24) is 15.5 Å². The van der Waals surface area contributed by atoms with Gasteiger partial charge in [-0.3, -0.25) is 14.4 Å². The zero-order chi connectivity index (χ0) is 23.8. The minimum Gasteiger partial charge on any atom is -0.493 e. The molecule has 0 aromatic heterocycles. The molecule has 1 heterocycles. The largest absolute Gasteiger partial charge is 0.493 e. The van der Waals surface area contributed by atoms with Crippen LogP contribution >= 0.6 is 0 Å². The van der Waals surface area contributed by atoms with Crippen molar-refractivity contribution in [3.8, 4) is 11.5 Å². The summed E-state index contributed by atoms with van der Waals surface area (Å²) in [6.45, 7) is 4.67. The van der Waals surface area contributed by atoms with E-state index >= 15 is 0 Å². The van der Waals surface area contributed by atoms with Crippen molar-refractivity contribution in [2.45, 2.75) is 70.9 Å². The molecule has 1 unspecified atom stereocenters. The Morgan fingerprint density at radius 1 is 1.06 bits per heavy atom. The van der Waals surface area contributed by atoms with Gasteiger partial charge in [0.1, 0.15) is 0 Å². The van der Waals surface area contributed by atoms with E-state index in [1.807, 2.05) is 13.8 Å². The Morgan fingerprint density at radius 3 is 2.52 bits per heavy atom. The predicted molar refractivity (Wildman–Crippen MR) is 125 cm³/mol. The first-order valence-corrected chi connectivity index (χ1v) is 12.1. The second kappa shape index (κ2) is 11.9. The maximum atomic E-state index is 13.2. The monoisotopic (exact) mass is 459 g/mol. The molecule has 2 N–H and O–H groups in total. The third-order valence-corrected chi connectivity index (χ3v) is 6.25. The fraction of sp³-hybridized carbons (Fsp3) is 0.640. The van der Waals surface area contributed by atoms with Crippen molar-refractivity contribution in [3.05, 3.63) is 23.8 Å². The second-order valence-electron chi connectivity index (χ2n) is 9.31. The topological polar surface area (TPSA) is 97.0 Å². The van der Waals surface area contributed by atoms with Gasteiger partial charge in [0.2, 0.25) is 5.91 Å². The standard InChI is InChI=1S/C25H37N3O5/c1-17(2)26-23(29)16-33-21-12-11-18(14-22(21)32-3)25(31)28-13-7-8-19(15-28)24(30)27-20-9-5-4-6-10-20/h11-12,14,17,19-20H,4-10,13,15-16H2,1-3H3,(H,26,29)(H,27,30). The number of ether oxygens (including phenoxy) is 2. The third kappa shape index (κ3) is 7.11. The Bertz CT molecular complexity index is 835. The van der Waals surface area contributed by atoms with Gasteiger partial charge in [0.05, 0.1) is 13.0 Å². The average Bonchev–Trinajstić information content (AvgIpc) is 2.82. The summed E-state index contributed by atoms with van der Waals surface area (Å²) >= 11 is 0. The quantitative estimate of drug-likeness (QED) is 0.623. The fourth-order valence-corrected chi connectivity index (χ4v) is 4.55. The number of nitrogens with one attached hydrogen (secondary N) is 2. The number of carbonyl (C=O) groups excluding carboxylic acids is 3. The lowest BCUT2D eigenvalue weighted by Gasteiger charge is -2.33. The summed E-state index contributed by atoms with van der Waals surface area (Å²) in [5.74, 6) is 0.331. The van der Waals surface area contributed by atoms with Gasteiger partial charge in [-0.1, -0.05) is 19.3 Å². The van der Waals surface area contributed by atoms with Crippen molar-refractivity contribution >= 4 is 17.7 Å². The lowest BCUT2D eigenvalue weighted by Crippen LogP contribution is -2.47. The molecular formula is C25H37N3O5. The fourth-order valence-electron chi connectivity index (χ4n) is 4.55. The molecule has 1 aliphatic carbocycles. The molecule has 182 valence electrons. The van der Waals surface area contributed by atoms with Crippen molar-refractivity contribution < 1.29 is 23.9 Å². The van der Waals surface area contributed by atoms with E-state index < -0.39 is 0 Å². The van der Waals surface area contributed by atoms with E-state index in [4.69, 9.17) is 9.47 Å². The van der Waals surface area contributed by atoms with Crippen LogP contribution in [0.3, 0.4) is 0 Å². The molecule has 33 heavy (non-hydrogen) atoms. The van der Waals surface area contributed by atoms with Crippen LogP contribution in [-0.2, 0) is 9.59 Å². The molecule has 8 nitrogen and oxygen atoms in total. The summed E-state index contributed by atoms with van der Waals surface area (Å²) in [5.41, 5.74) is 0.471. The van der Waals surface area contributed by atoms with Gasteiger partial charge in [0.25, 0.3) is 11.8 Å². The van der Waals surface area contributed by atoms with E-state index in [-0.39, 0.29) is 42.3 Å². The summed E-state index contributed by atoms with van der Waals surface area (Å²) in [6, 6.07) is 5.25. The smallest absolute Gasteiger partial charge is 0.258 e. The first kappa shape index (κ1) is 24.9. The van der Waals surface area contributed by atoms with E-state index in [9.17, 15) is 14.4 Å². The van der Waals surface area contributed by atoms with Gasteiger partial charge in [0.15, 0.2) is 18.1 Å². The Labute approximate surface area is 196 Å². The van der Waals surface area contributed by atoms with Crippen molar-refractivity contribution in [2.24, 2.45) is 5.92 Å². The Kier molecular flexibility index (Phi) is 8.97. The van der Waals surface area contributed by atoms with E-state index in [1.165, 1.54) is 26.4 Å². The molecule has 2 fully saturated rings. The van der Waals surface area contributed by atoms with Crippen molar-refractivity contribution in [2.75, 3.05) is 26.8 Å². The van der Waals surface area contributed by atoms with Crippen LogP contribution in [0.2, 0.25) is 0 Å². The Morgan fingerprint density at radius 2 is 1.82 bits per heavy atom. The molecule has 1 aromatic carbocycles. The normalized spacial score (nSPS) is 19.2. The Balaban J connectivity index is 1.59. The van der Waals surface area contributed by atoms with E-state index in [0.29, 0.717) is 30.2 Å². The van der Waals surface area contributed by atoms with Gasteiger partial charge < -0.3 is 25.0 Å². The number of likely N-dealkylation sites (tertiary alicyclic amines) is 1. The molecular weight excluding hydrogens is 422 g/mol. The van der Waals surface area contributed by atoms with E-state index in [1.54, 1.807) is 23.1 Å². The van der Waals surface area contributed by atoms with Gasteiger partial charge in [-0.25, -0.2) is 0 Å². The van der Waals surface area contributed by atoms with Gasteiger partial charge in [-0.15, -0.1) is 0 Å². The van der Waals surface area contributed by atoms with Gasteiger partial charge in [-0.05, 0) is 57.7 Å². The number of hydrogen-bond acceptors (Lipinski definition) is 5. The van der Waals surface area contributed by atoms with Crippen LogP contribution in [0.1, 0.15) is 69.2 Å². The molecule has 0 radical (unpaired) electrons. The molecule has 1 saturated heterocycles. The van der Waals surface area contributed by atoms with Crippen LogP contribution in [-0.4, -0.2) is 61.5 Å². The number of hydrogen-bond donors (Lipinski definition) is 2. The van der Waals surface area contributed by atoms with Crippen LogP contribution in [0.4, 0.5) is 0 Å². The SMILES string of the molecule is COc1cc(C(=O)N2CCCC(C(=O)NC3CCCCC3)C2)ccc1OCC(=O)NC(C)C. The number of nitrogens with zero attached hydrogens (tertiary/aromatic N) is 1. The summed E-state index contributed by atoms with van der Waals surface area (Å²) in [7, 11) is 1.50. The average molecular weight is 460 g/mol. The van der Waals surface area contributed by atoms with E-state index in [2.05, 4.69) is 10.6 Å². The predicted octanol–water partition coefficient (Wildman–Crippen LogP) is 2.90. The van der Waals surface area contributed by atoms with Gasteiger partial charge in [0, 0.05) is 30.7 Å². The van der Waals surface area contributed by atoms with Crippen LogP contribution in [0.25, 0.3) is 0 Å². The summed E-state index contributed by atoms with van der Waals surface area (Å²) in [4.78, 5) is 39.5. The summed E-state index contributed by atoms with van der Waals surface area (Å²) < 4.78 is 11.0. The first-order chi connectivity index (χ1) is 15.9. The first-order valence-electron chi connectivity index (χ1n) is 12.1. The highest BCUT2D eigenvalue weighted by molar-refractivity contribution is 5.95. The molecule has 1 aromatic rings. The second-order valence-corrected chi connectivity index (χ2v) is 9.31. The molecule has 3 amide bonds. The number of methoxy groups -OCH3 is 1. The van der Waals surface area contributed by atoms with Crippen LogP contribution in [0, 0.1) is 5.92 Å². The summed E-state index contributed by atoms with van der Waals surface area (Å²) in [6.07, 6.45) is 7.29. The molecule has 1 aliphatic heterocycles. The molecule has 3 rings (SSSR count). The molecule has 0 bridgehead atoms. The zero-order valence-electron chi connectivity index (χ0n) is 20.0. The Hall–Kier alpha value is -2.77. The number of piperidine rings is 1. The third-order valence-electron chi connectivity index (χ3n) is 6.25. The van der Waals surface area contributed by atoms with Crippen LogP contribution in [0.5, 0.6) is 11.5 Å². The maximum absolute atomic E-state index is 13.2. The van der Waals surface area contributed by atoms with E-state index in [0.717, 1.165) is 25.7 Å². The lowest BCUT2D eigenvalue weighted by molar-refractivity contribution is -0.127. The van der Waals surface area contributed by atoms with Crippen molar-refractivity contribution in [1.29, 1.82) is 0 Å². The lowest BCUT2D eigenvalue weighted by atomic mass is 9.92. The maximum Gasteiger partial charge on any atom is 0.258 e. The van der Waals surface area contributed by atoms with Gasteiger partial charge >= 0.3 is 0 Å². The number of carbonyl (C=O) groups is 3. The van der Waals surface area contributed by atoms with Crippen LogP contribution < -0.4 is 20.1 Å². The minimum atomic E-state index is -0.224. The zero-order valence-corrected chi connectivity index (χ0v) is 20.0. The highest BCUT2D eigenvalue weighted by Crippen LogP contribution is 2.29. The number of amides is 3. The molecule has 1 saturated carbocycles. The molecule has 2 aliphatic rings. The minimum absolute atomic E-state index is 0.0288. The highest BCUT2D eigenvalue weighted by atomic mass is 16.5. The molecule has 8 heteroatoms. The number of benzene rings is 1. The highest BCUT2D eigenvalue weighted by Gasteiger charge is 2.30. The molecule has 1 atom stereocenters.